The molecule has 0 radical (unpaired) electrons. The van der Waals surface area contributed by atoms with Gasteiger partial charge in [0.1, 0.15) is 5.75 Å². The Bertz CT molecular complexity index is 662. The van der Waals surface area contributed by atoms with Gasteiger partial charge >= 0.3 is 0 Å². The fourth-order valence-corrected chi connectivity index (χ4v) is 2.43. The molecular formula is C14H10BrCl2NO2. The van der Waals surface area contributed by atoms with Crippen molar-refractivity contribution in [3.05, 3.63) is 56.5 Å². The molecule has 0 saturated carbocycles. The number of anilines is 1. The van der Waals surface area contributed by atoms with E-state index in [2.05, 4.69) is 21.2 Å². The number of hydrogen-bond donors (Lipinski definition) is 1. The van der Waals surface area contributed by atoms with E-state index in [1.54, 1.807) is 37.4 Å². The molecule has 0 aromatic heterocycles. The molecule has 0 fully saturated rings. The minimum absolute atomic E-state index is 0.300. The molecule has 6 heteroatoms. The lowest BCUT2D eigenvalue weighted by atomic mass is 10.2. The van der Waals surface area contributed by atoms with Crippen LogP contribution in [0.15, 0.2) is 40.9 Å². The van der Waals surface area contributed by atoms with Gasteiger partial charge in [-0.05, 0) is 46.3 Å². The summed E-state index contributed by atoms with van der Waals surface area (Å²) in [6.45, 7) is 0. The predicted molar refractivity (Wildman–Crippen MR) is 85.1 cm³/mol. The van der Waals surface area contributed by atoms with Crippen LogP contribution in [0.2, 0.25) is 10.0 Å². The molecule has 1 amide bonds. The van der Waals surface area contributed by atoms with Crippen LogP contribution in [0.25, 0.3) is 0 Å². The van der Waals surface area contributed by atoms with E-state index in [1.807, 2.05) is 0 Å². The standard InChI is InChI=1S/C14H10BrCl2NO2/c1-20-9-3-5-11(15)13(7-9)18-14(19)10-4-2-8(16)6-12(10)17/h2-7H,1H3,(H,18,19). The van der Waals surface area contributed by atoms with Crippen LogP contribution in [-0.4, -0.2) is 13.0 Å². The third-order valence-corrected chi connectivity index (χ3v) is 3.84. The van der Waals surface area contributed by atoms with Gasteiger partial charge in [0.2, 0.25) is 0 Å². The molecule has 1 N–H and O–H groups in total. The van der Waals surface area contributed by atoms with Gasteiger partial charge in [-0.25, -0.2) is 0 Å². The van der Waals surface area contributed by atoms with Crippen molar-refractivity contribution >= 4 is 50.7 Å². The van der Waals surface area contributed by atoms with Gasteiger partial charge in [-0.15, -0.1) is 0 Å². The summed E-state index contributed by atoms with van der Waals surface area (Å²) in [7, 11) is 1.56. The number of methoxy groups -OCH3 is 1. The maximum atomic E-state index is 12.2. The fourth-order valence-electron chi connectivity index (χ4n) is 1.59. The Kier molecular flexibility index (Phi) is 4.91. The maximum absolute atomic E-state index is 12.2. The third kappa shape index (κ3) is 3.45. The van der Waals surface area contributed by atoms with Gasteiger partial charge < -0.3 is 10.1 Å². The molecule has 2 aromatic rings. The Labute approximate surface area is 135 Å². The highest BCUT2D eigenvalue weighted by atomic mass is 79.9. The van der Waals surface area contributed by atoms with E-state index in [0.717, 1.165) is 4.47 Å². The topological polar surface area (TPSA) is 38.3 Å². The zero-order chi connectivity index (χ0) is 14.7. The summed E-state index contributed by atoms with van der Waals surface area (Å²) in [4.78, 5) is 12.2. The Hall–Kier alpha value is -1.23. The number of rotatable bonds is 3. The molecule has 0 aliphatic heterocycles. The summed E-state index contributed by atoms with van der Waals surface area (Å²) in [6, 6.07) is 10.0. The summed E-state index contributed by atoms with van der Waals surface area (Å²) in [5.74, 6) is 0.325. The second-order valence-electron chi connectivity index (χ2n) is 3.92. The predicted octanol–water partition coefficient (Wildman–Crippen LogP) is 5.02. The number of nitrogens with one attached hydrogen (secondary N) is 1. The molecule has 0 unspecified atom stereocenters. The van der Waals surface area contributed by atoms with Gasteiger partial charge in [0, 0.05) is 15.6 Å². The highest BCUT2D eigenvalue weighted by Gasteiger charge is 2.13. The van der Waals surface area contributed by atoms with Crippen molar-refractivity contribution in [2.45, 2.75) is 0 Å². The van der Waals surface area contributed by atoms with Gasteiger partial charge in [-0.3, -0.25) is 4.79 Å². The molecule has 2 aromatic carbocycles. The van der Waals surface area contributed by atoms with Crippen LogP contribution in [0.1, 0.15) is 10.4 Å². The van der Waals surface area contributed by atoms with Crippen LogP contribution in [0.4, 0.5) is 5.69 Å². The van der Waals surface area contributed by atoms with Crippen LogP contribution in [0, 0.1) is 0 Å². The molecule has 0 spiro atoms. The summed E-state index contributed by atoms with van der Waals surface area (Å²) in [6.07, 6.45) is 0. The lowest BCUT2D eigenvalue weighted by Crippen LogP contribution is -2.12. The molecule has 0 aliphatic carbocycles. The minimum Gasteiger partial charge on any atom is -0.497 e. The molecule has 20 heavy (non-hydrogen) atoms. The number of ether oxygens (including phenoxy) is 1. The maximum Gasteiger partial charge on any atom is 0.257 e. The molecule has 0 heterocycles. The number of halogens is 3. The number of carbonyl (C=O) groups is 1. The molecule has 0 bridgehead atoms. The molecule has 0 aliphatic rings. The van der Waals surface area contributed by atoms with Gasteiger partial charge in [0.05, 0.1) is 23.4 Å². The van der Waals surface area contributed by atoms with E-state index in [1.165, 1.54) is 6.07 Å². The second kappa shape index (κ2) is 6.48. The van der Waals surface area contributed by atoms with Gasteiger partial charge in [-0.1, -0.05) is 23.2 Å². The molecule has 104 valence electrons. The largest absolute Gasteiger partial charge is 0.497 e. The zero-order valence-electron chi connectivity index (χ0n) is 10.4. The van der Waals surface area contributed by atoms with E-state index in [4.69, 9.17) is 27.9 Å². The first-order chi connectivity index (χ1) is 9.51. The SMILES string of the molecule is COc1ccc(Br)c(NC(=O)c2ccc(Cl)cc2Cl)c1. The lowest BCUT2D eigenvalue weighted by Gasteiger charge is -2.10. The van der Waals surface area contributed by atoms with Gasteiger partial charge in [0.15, 0.2) is 0 Å². The Morgan fingerprint density at radius 2 is 1.95 bits per heavy atom. The quantitative estimate of drug-likeness (QED) is 0.819. The zero-order valence-corrected chi connectivity index (χ0v) is 13.5. The van der Waals surface area contributed by atoms with Crippen molar-refractivity contribution < 1.29 is 9.53 Å². The monoisotopic (exact) mass is 373 g/mol. The van der Waals surface area contributed by atoms with Crippen molar-refractivity contribution in [3.63, 3.8) is 0 Å². The highest BCUT2D eigenvalue weighted by molar-refractivity contribution is 9.10. The van der Waals surface area contributed by atoms with E-state index in [-0.39, 0.29) is 5.91 Å². The smallest absolute Gasteiger partial charge is 0.257 e. The van der Waals surface area contributed by atoms with Gasteiger partial charge in [-0.2, -0.15) is 0 Å². The summed E-state index contributed by atoms with van der Waals surface area (Å²) < 4.78 is 5.87. The molecule has 3 nitrogen and oxygen atoms in total. The average Bonchev–Trinajstić information content (AvgIpc) is 2.41. The molecule has 0 saturated heterocycles. The normalized spacial score (nSPS) is 10.2. The number of benzene rings is 2. The minimum atomic E-state index is -0.319. The molecule has 0 atom stereocenters. The van der Waals surface area contributed by atoms with Crippen molar-refractivity contribution in [1.29, 1.82) is 0 Å². The summed E-state index contributed by atoms with van der Waals surface area (Å²) >= 11 is 15.2. The average molecular weight is 375 g/mol. The van der Waals surface area contributed by atoms with Crippen LogP contribution >= 0.6 is 39.1 Å². The highest BCUT2D eigenvalue weighted by Crippen LogP contribution is 2.28. The van der Waals surface area contributed by atoms with Crippen molar-refractivity contribution in [2.24, 2.45) is 0 Å². The molecule has 2 rings (SSSR count). The second-order valence-corrected chi connectivity index (χ2v) is 5.62. The van der Waals surface area contributed by atoms with E-state index in [0.29, 0.717) is 27.0 Å². The summed E-state index contributed by atoms with van der Waals surface area (Å²) in [5.41, 5.74) is 0.950. The number of amides is 1. The number of hydrogen-bond acceptors (Lipinski definition) is 2. The molecular weight excluding hydrogens is 365 g/mol. The number of carbonyl (C=O) groups excluding carboxylic acids is 1. The van der Waals surface area contributed by atoms with E-state index in [9.17, 15) is 4.79 Å². The van der Waals surface area contributed by atoms with Crippen molar-refractivity contribution in [1.82, 2.24) is 0 Å². The Morgan fingerprint density at radius 3 is 2.60 bits per heavy atom. The van der Waals surface area contributed by atoms with Crippen LogP contribution in [-0.2, 0) is 0 Å². The Morgan fingerprint density at radius 1 is 1.20 bits per heavy atom. The lowest BCUT2D eigenvalue weighted by molar-refractivity contribution is 0.102. The summed E-state index contributed by atoms with van der Waals surface area (Å²) in [5, 5.41) is 3.55. The Balaban J connectivity index is 2.27. The van der Waals surface area contributed by atoms with E-state index >= 15 is 0 Å². The fraction of sp³-hybridized carbons (Fsp3) is 0.0714. The van der Waals surface area contributed by atoms with Gasteiger partial charge in [0.25, 0.3) is 5.91 Å². The van der Waals surface area contributed by atoms with Crippen LogP contribution in [0.3, 0.4) is 0 Å². The van der Waals surface area contributed by atoms with Crippen molar-refractivity contribution in [3.8, 4) is 5.75 Å². The van der Waals surface area contributed by atoms with E-state index < -0.39 is 0 Å². The van der Waals surface area contributed by atoms with Crippen molar-refractivity contribution in [2.75, 3.05) is 12.4 Å². The first-order valence-electron chi connectivity index (χ1n) is 5.61. The van der Waals surface area contributed by atoms with Crippen LogP contribution < -0.4 is 10.1 Å². The van der Waals surface area contributed by atoms with Crippen LogP contribution in [0.5, 0.6) is 5.75 Å². The first-order valence-corrected chi connectivity index (χ1v) is 7.16. The first kappa shape index (κ1) is 15.2. The third-order valence-electron chi connectivity index (χ3n) is 2.60.